The van der Waals surface area contributed by atoms with Crippen LogP contribution in [0.3, 0.4) is 0 Å². The monoisotopic (exact) mass is 320 g/mol. The van der Waals surface area contributed by atoms with Crippen molar-refractivity contribution in [3.8, 4) is 0 Å². The molecule has 0 saturated heterocycles. The third-order valence-corrected chi connectivity index (χ3v) is 4.38. The minimum atomic E-state index is -0.562. The quantitative estimate of drug-likeness (QED) is 0.790. The molecule has 0 bridgehead atoms. The van der Waals surface area contributed by atoms with Crippen molar-refractivity contribution in [1.82, 2.24) is 5.32 Å². The van der Waals surface area contributed by atoms with Crippen molar-refractivity contribution in [3.05, 3.63) is 65.9 Å². The Morgan fingerprint density at radius 2 is 1.88 bits per heavy atom. The van der Waals surface area contributed by atoms with Gasteiger partial charge >= 0.3 is 0 Å². The summed E-state index contributed by atoms with van der Waals surface area (Å²) in [5.41, 5.74) is 2.40. The lowest BCUT2D eigenvalue weighted by Crippen LogP contribution is -2.47. The normalized spacial score (nSPS) is 16.2. The minimum Gasteiger partial charge on any atom is -0.451 e. The van der Waals surface area contributed by atoms with E-state index in [0.29, 0.717) is 12.0 Å². The van der Waals surface area contributed by atoms with Crippen LogP contribution >= 0.6 is 0 Å². The number of amides is 2. The van der Waals surface area contributed by atoms with E-state index in [-0.39, 0.29) is 17.6 Å². The summed E-state index contributed by atoms with van der Waals surface area (Å²) in [7, 11) is 1.58. The fourth-order valence-corrected chi connectivity index (χ4v) is 3.22. The highest BCUT2D eigenvalue weighted by Crippen LogP contribution is 2.34. The zero-order valence-electron chi connectivity index (χ0n) is 13.2. The van der Waals surface area contributed by atoms with E-state index in [4.69, 9.17) is 4.42 Å². The molecular weight excluding hydrogens is 304 g/mol. The van der Waals surface area contributed by atoms with Crippen LogP contribution in [0.5, 0.6) is 0 Å². The van der Waals surface area contributed by atoms with Crippen LogP contribution in [0.15, 0.2) is 59.0 Å². The molecule has 5 nitrogen and oxygen atoms in total. The lowest BCUT2D eigenvalue weighted by Gasteiger charge is -2.23. The van der Waals surface area contributed by atoms with Crippen molar-refractivity contribution in [1.29, 1.82) is 0 Å². The summed E-state index contributed by atoms with van der Waals surface area (Å²) in [6.45, 7) is 0. The molecule has 0 aliphatic carbocycles. The molecule has 0 radical (unpaired) electrons. The number of hydrogen-bond donors (Lipinski definition) is 1. The average molecular weight is 320 g/mol. The molecule has 0 fully saturated rings. The summed E-state index contributed by atoms with van der Waals surface area (Å²) < 4.78 is 5.70. The van der Waals surface area contributed by atoms with Gasteiger partial charge in [-0.05, 0) is 23.8 Å². The predicted molar refractivity (Wildman–Crippen MR) is 91.0 cm³/mol. The van der Waals surface area contributed by atoms with Gasteiger partial charge < -0.3 is 9.73 Å². The first-order valence-corrected chi connectivity index (χ1v) is 7.80. The van der Waals surface area contributed by atoms with Gasteiger partial charge in [-0.3, -0.25) is 14.5 Å². The van der Waals surface area contributed by atoms with Gasteiger partial charge in [0.1, 0.15) is 11.6 Å². The van der Waals surface area contributed by atoms with Crippen molar-refractivity contribution in [2.45, 2.75) is 12.5 Å². The second kappa shape index (κ2) is 5.53. The first-order chi connectivity index (χ1) is 11.7. The number of carbonyl (C=O) groups excluding carboxylic acids is 2. The molecule has 0 spiro atoms. The largest absolute Gasteiger partial charge is 0.451 e. The van der Waals surface area contributed by atoms with Crippen molar-refractivity contribution >= 4 is 28.5 Å². The van der Waals surface area contributed by atoms with Gasteiger partial charge in [0.05, 0.1) is 0 Å². The highest BCUT2D eigenvalue weighted by atomic mass is 16.3. The summed E-state index contributed by atoms with van der Waals surface area (Å²) in [5, 5.41) is 3.51. The van der Waals surface area contributed by atoms with E-state index in [1.54, 1.807) is 13.1 Å². The fourth-order valence-electron chi connectivity index (χ4n) is 3.22. The third kappa shape index (κ3) is 2.17. The maximum absolute atomic E-state index is 13.1. The maximum Gasteiger partial charge on any atom is 0.294 e. The van der Waals surface area contributed by atoms with E-state index in [1.165, 1.54) is 4.90 Å². The molecule has 2 aromatic carbocycles. The second-order valence-electron chi connectivity index (χ2n) is 5.79. The highest BCUT2D eigenvalue weighted by molar-refractivity contribution is 6.11. The van der Waals surface area contributed by atoms with Gasteiger partial charge in [-0.15, -0.1) is 0 Å². The number of para-hydroxylation sites is 2. The molecule has 120 valence electrons. The van der Waals surface area contributed by atoms with Gasteiger partial charge in [-0.25, -0.2) is 0 Å². The summed E-state index contributed by atoms with van der Waals surface area (Å²) in [6.07, 6.45) is 0.502. The predicted octanol–water partition coefficient (Wildman–Crippen LogP) is 2.75. The molecule has 1 aliphatic rings. The van der Waals surface area contributed by atoms with Crippen LogP contribution in [0.4, 0.5) is 5.69 Å². The number of likely N-dealkylation sites (N-methyl/N-ethyl adjacent to an activating group) is 1. The third-order valence-electron chi connectivity index (χ3n) is 4.38. The standard InChI is InChI=1S/C19H16N2O3/c1-20-18(22)15-10-12-6-2-4-8-14(12)21(15)19(23)17-11-13-7-3-5-9-16(13)24-17/h2-9,11,15H,10H2,1H3,(H,20,22)/t15-/m0/s1. The first kappa shape index (κ1) is 14.5. The Labute approximate surface area is 138 Å². The number of rotatable bonds is 2. The highest BCUT2D eigenvalue weighted by Gasteiger charge is 2.39. The molecular formula is C19H16N2O3. The number of hydrogen-bond acceptors (Lipinski definition) is 3. The van der Waals surface area contributed by atoms with Crippen molar-refractivity contribution in [2.75, 3.05) is 11.9 Å². The van der Waals surface area contributed by atoms with Crippen LogP contribution in [-0.4, -0.2) is 24.9 Å². The summed E-state index contributed by atoms with van der Waals surface area (Å²) in [4.78, 5) is 26.9. The first-order valence-electron chi connectivity index (χ1n) is 7.80. The molecule has 1 aromatic heterocycles. The maximum atomic E-state index is 13.1. The molecule has 3 aromatic rings. The summed E-state index contributed by atoms with van der Waals surface area (Å²) in [5.74, 6) is -0.248. The summed E-state index contributed by atoms with van der Waals surface area (Å²) in [6, 6.07) is 16.2. The Balaban J connectivity index is 1.79. The van der Waals surface area contributed by atoms with E-state index in [9.17, 15) is 9.59 Å². The average Bonchev–Trinajstić information content (AvgIpc) is 3.21. The molecule has 1 atom stereocenters. The van der Waals surface area contributed by atoms with Crippen molar-refractivity contribution < 1.29 is 14.0 Å². The molecule has 0 saturated carbocycles. The molecule has 24 heavy (non-hydrogen) atoms. The zero-order chi connectivity index (χ0) is 16.7. The molecule has 5 heteroatoms. The van der Waals surface area contributed by atoms with E-state index in [2.05, 4.69) is 5.32 Å². The number of nitrogens with zero attached hydrogens (tertiary/aromatic N) is 1. The number of furan rings is 1. The van der Waals surface area contributed by atoms with E-state index in [0.717, 1.165) is 16.6 Å². The lowest BCUT2D eigenvalue weighted by molar-refractivity contribution is -0.121. The zero-order valence-corrected chi connectivity index (χ0v) is 13.2. The molecule has 1 aliphatic heterocycles. The smallest absolute Gasteiger partial charge is 0.294 e. The molecule has 1 N–H and O–H groups in total. The Bertz CT molecular complexity index is 911. The summed E-state index contributed by atoms with van der Waals surface area (Å²) >= 11 is 0. The Kier molecular flexibility index (Phi) is 3.34. The number of carbonyl (C=O) groups is 2. The fraction of sp³-hybridized carbons (Fsp3) is 0.158. The van der Waals surface area contributed by atoms with Crippen molar-refractivity contribution in [2.24, 2.45) is 0 Å². The Morgan fingerprint density at radius 1 is 1.12 bits per heavy atom. The minimum absolute atomic E-state index is 0.185. The van der Waals surface area contributed by atoms with Gasteiger partial charge in [-0.1, -0.05) is 36.4 Å². The van der Waals surface area contributed by atoms with Crippen LogP contribution in [0.1, 0.15) is 16.1 Å². The van der Waals surface area contributed by atoms with E-state index >= 15 is 0 Å². The van der Waals surface area contributed by atoms with Gasteiger partial charge in [0.2, 0.25) is 5.91 Å². The lowest BCUT2D eigenvalue weighted by atomic mass is 10.1. The van der Waals surface area contributed by atoms with Gasteiger partial charge in [0.15, 0.2) is 5.76 Å². The van der Waals surface area contributed by atoms with Crippen LogP contribution in [0.25, 0.3) is 11.0 Å². The van der Waals surface area contributed by atoms with Crippen LogP contribution in [0, 0.1) is 0 Å². The number of fused-ring (bicyclic) bond motifs is 2. The Morgan fingerprint density at radius 3 is 2.67 bits per heavy atom. The van der Waals surface area contributed by atoms with E-state index in [1.807, 2.05) is 48.5 Å². The number of benzene rings is 2. The van der Waals surface area contributed by atoms with Crippen LogP contribution < -0.4 is 10.2 Å². The molecule has 0 unspecified atom stereocenters. The van der Waals surface area contributed by atoms with Gasteiger partial charge in [0.25, 0.3) is 5.91 Å². The van der Waals surface area contributed by atoms with Crippen molar-refractivity contribution in [3.63, 3.8) is 0 Å². The van der Waals surface area contributed by atoms with Gasteiger partial charge in [0, 0.05) is 24.5 Å². The number of nitrogens with one attached hydrogen (secondary N) is 1. The SMILES string of the molecule is CNC(=O)[C@@H]1Cc2ccccc2N1C(=O)c1cc2ccccc2o1. The molecule has 2 amide bonds. The number of anilines is 1. The van der Waals surface area contributed by atoms with Crippen LogP contribution in [-0.2, 0) is 11.2 Å². The Hall–Kier alpha value is -3.08. The van der Waals surface area contributed by atoms with Gasteiger partial charge in [-0.2, -0.15) is 0 Å². The van der Waals surface area contributed by atoms with Crippen LogP contribution in [0.2, 0.25) is 0 Å². The molecule has 4 rings (SSSR count). The topological polar surface area (TPSA) is 62.6 Å². The van der Waals surface area contributed by atoms with E-state index < -0.39 is 6.04 Å². The second-order valence-corrected chi connectivity index (χ2v) is 5.79. The molecule has 2 heterocycles.